The molecule has 1 radical (unpaired) electrons. The highest BCUT2D eigenvalue weighted by molar-refractivity contribution is 5.38. The van der Waals surface area contributed by atoms with Crippen LogP contribution < -0.4 is 0 Å². The molecule has 0 aliphatic carbocycles. The van der Waals surface area contributed by atoms with Gasteiger partial charge >= 0.3 is 0 Å². The number of benzene rings is 1. The SMILES string of the molecule is CCCc1c(O)[c]ccc1CC. The first-order valence-electron chi connectivity index (χ1n) is 4.51. The van der Waals surface area contributed by atoms with Crippen molar-refractivity contribution in [3.63, 3.8) is 0 Å². The van der Waals surface area contributed by atoms with Gasteiger partial charge in [0.25, 0.3) is 0 Å². The van der Waals surface area contributed by atoms with Gasteiger partial charge in [0.05, 0.1) is 0 Å². The number of aryl methyl sites for hydroxylation is 1. The standard InChI is InChI=1S/C11H15O/c1-3-6-10-9(4-2)7-5-8-11(10)12/h5,7,12H,3-4,6H2,1-2H3. The minimum Gasteiger partial charge on any atom is -0.507 e. The van der Waals surface area contributed by atoms with E-state index in [9.17, 15) is 5.11 Å². The third-order valence-corrected chi connectivity index (χ3v) is 2.06. The second kappa shape index (κ2) is 4.15. The molecule has 65 valence electrons. The topological polar surface area (TPSA) is 20.2 Å². The lowest BCUT2D eigenvalue weighted by Gasteiger charge is -2.07. The van der Waals surface area contributed by atoms with Crippen LogP contribution in [0.2, 0.25) is 0 Å². The third kappa shape index (κ3) is 1.79. The first kappa shape index (κ1) is 9.11. The molecular formula is C11H15O. The minimum absolute atomic E-state index is 0.330. The Bertz CT molecular complexity index is 253. The summed E-state index contributed by atoms with van der Waals surface area (Å²) in [5.74, 6) is 0.330. The molecule has 0 aliphatic heterocycles. The van der Waals surface area contributed by atoms with Crippen LogP contribution in [0.25, 0.3) is 0 Å². The molecule has 0 spiro atoms. The maximum Gasteiger partial charge on any atom is 0.126 e. The molecule has 0 unspecified atom stereocenters. The fourth-order valence-corrected chi connectivity index (χ4v) is 1.42. The Labute approximate surface area is 74.1 Å². The predicted molar refractivity (Wildman–Crippen MR) is 50.3 cm³/mol. The summed E-state index contributed by atoms with van der Waals surface area (Å²) in [7, 11) is 0. The second-order valence-corrected chi connectivity index (χ2v) is 2.93. The van der Waals surface area contributed by atoms with E-state index in [2.05, 4.69) is 19.9 Å². The van der Waals surface area contributed by atoms with E-state index in [-0.39, 0.29) is 0 Å². The average molecular weight is 163 g/mol. The van der Waals surface area contributed by atoms with Gasteiger partial charge in [-0.3, -0.25) is 0 Å². The molecule has 0 saturated heterocycles. The smallest absolute Gasteiger partial charge is 0.126 e. The van der Waals surface area contributed by atoms with Crippen LogP contribution in [0, 0.1) is 6.07 Å². The zero-order valence-electron chi connectivity index (χ0n) is 7.72. The van der Waals surface area contributed by atoms with Crippen molar-refractivity contribution >= 4 is 0 Å². The fourth-order valence-electron chi connectivity index (χ4n) is 1.42. The maximum atomic E-state index is 9.50. The summed E-state index contributed by atoms with van der Waals surface area (Å²) >= 11 is 0. The summed E-state index contributed by atoms with van der Waals surface area (Å²) in [6.07, 6.45) is 3.00. The molecule has 1 aromatic carbocycles. The molecule has 0 bridgehead atoms. The van der Waals surface area contributed by atoms with Gasteiger partial charge in [-0.25, -0.2) is 0 Å². The average Bonchev–Trinajstić information content (AvgIpc) is 2.09. The fraction of sp³-hybridized carbons (Fsp3) is 0.455. The number of phenols is 1. The largest absolute Gasteiger partial charge is 0.507 e. The molecule has 1 nitrogen and oxygen atoms in total. The lowest BCUT2D eigenvalue weighted by atomic mass is 10.0. The molecule has 0 heterocycles. The van der Waals surface area contributed by atoms with Crippen LogP contribution >= 0.6 is 0 Å². The van der Waals surface area contributed by atoms with Crippen LogP contribution in [0.3, 0.4) is 0 Å². The van der Waals surface area contributed by atoms with E-state index < -0.39 is 0 Å². The number of rotatable bonds is 3. The van der Waals surface area contributed by atoms with E-state index in [1.165, 1.54) is 5.56 Å². The normalized spacial score (nSPS) is 10.2. The van der Waals surface area contributed by atoms with Gasteiger partial charge in [-0.05, 0) is 24.0 Å². The van der Waals surface area contributed by atoms with Crippen LogP contribution in [0.1, 0.15) is 31.4 Å². The van der Waals surface area contributed by atoms with Crippen LogP contribution in [0.4, 0.5) is 0 Å². The highest BCUT2D eigenvalue weighted by atomic mass is 16.3. The molecule has 0 amide bonds. The van der Waals surface area contributed by atoms with Crippen molar-refractivity contribution in [2.75, 3.05) is 0 Å². The van der Waals surface area contributed by atoms with E-state index >= 15 is 0 Å². The van der Waals surface area contributed by atoms with Crippen LogP contribution in [-0.4, -0.2) is 5.11 Å². The quantitative estimate of drug-likeness (QED) is 0.726. The van der Waals surface area contributed by atoms with Crippen molar-refractivity contribution in [3.05, 3.63) is 29.3 Å². The molecule has 1 heteroatoms. The van der Waals surface area contributed by atoms with Crippen molar-refractivity contribution in [2.45, 2.75) is 33.1 Å². The lowest BCUT2D eigenvalue weighted by Crippen LogP contribution is -1.92. The van der Waals surface area contributed by atoms with Crippen molar-refractivity contribution in [3.8, 4) is 5.75 Å². The zero-order valence-corrected chi connectivity index (χ0v) is 7.72. The molecule has 1 aromatic rings. The lowest BCUT2D eigenvalue weighted by molar-refractivity contribution is 0.465. The van der Waals surface area contributed by atoms with E-state index in [1.54, 1.807) is 6.07 Å². The summed E-state index contributed by atoms with van der Waals surface area (Å²) < 4.78 is 0. The van der Waals surface area contributed by atoms with Crippen molar-refractivity contribution in [2.24, 2.45) is 0 Å². The second-order valence-electron chi connectivity index (χ2n) is 2.93. The van der Waals surface area contributed by atoms with E-state index in [1.807, 2.05) is 6.07 Å². The van der Waals surface area contributed by atoms with Gasteiger partial charge in [0.2, 0.25) is 0 Å². The molecule has 0 atom stereocenters. The number of hydrogen-bond donors (Lipinski definition) is 1. The minimum atomic E-state index is 0.330. The summed E-state index contributed by atoms with van der Waals surface area (Å²) in [4.78, 5) is 0. The summed E-state index contributed by atoms with van der Waals surface area (Å²) in [5.41, 5.74) is 2.32. The molecule has 0 aromatic heterocycles. The van der Waals surface area contributed by atoms with Gasteiger partial charge in [0.15, 0.2) is 0 Å². The molecule has 12 heavy (non-hydrogen) atoms. The highest BCUT2D eigenvalue weighted by Crippen LogP contribution is 2.22. The van der Waals surface area contributed by atoms with E-state index in [0.717, 1.165) is 24.8 Å². The first-order valence-corrected chi connectivity index (χ1v) is 4.51. The van der Waals surface area contributed by atoms with Crippen LogP contribution in [0.5, 0.6) is 5.75 Å². The van der Waals surface area contributed by atoms with Gasteiger partial charge < -0.3 is 5.11 Å². The molecule has 0 aliphatic rings. The Hall–Kier alpha value is -0.980. The van der Waals surface area contributed by atoms with E-state index in [0.29, 0.717) is 5.75 Å². The molecule has 1 N–H and O–H groups in total. The summed E-state index contributed by atoms with van der Waals surface area (Å²) in [6.45, 7) is 4.22. The summed E-state index contributed by atoms with van der Waals surface area (Å²) in [6, 6.07) is 6.63. The predicted octanol–water partition coefficient (Wildman–Crippen LogP) is 2.71. The number of hydrogen-bond acceptors (Lipinski definition) is 1. The Morgan fingerprint density at radius 1 is 1.42 bits per heavy atom. The third-order valence-electron chi connectivity index (χ3n) is 2.06. The van der Waals surface area contributed by atoms with Gasteiger partial charge in [-0.1, -0.05) is 32.4 Å². The number of aromatic hydroxyl groups is 1. The van der Waals surface area contributed by atoms with Crippen molar-refractivity contribution in [1.29, 1.82) is 0 Å². The van der Waals surface area contributed by atoms with E-state index in [4.69, 9.17) is 0 Å². The van der Waals surface area contributed by atoms with Crippen LogP contribution in [0.15, 0.2) is 12.1 Å². The van der Waals surface area contributed by atoms with Crippen LogP contribution in [-0.2, 0) is 12.8 Å². The monoisotopic (exact) mass is 163 g/mol. The Balaban J connectivity index is 3.02. The van der Waals surface area contributed by atoms with Gasteiger partial charge in [-0.15, -0.1) is 0 Å². The van der Waals surface area contributed by atoms with Crippen molar-refractivity contribution in [1.82, 2.24) is 0 Å². The first-order chi connectivity index (χ1) is 5.79. The Morgan fingerprint density at radius 2 is 2.17 bits per heavy atom. The molecule has 0 fully saturated rings. The molecule has 1 rings (SSSR count). The maximum absolute atomic E-state index is 9.50. The Morgan fingerprint density at radius 3 is 2.75 bits per heavy atom. The number of phenolic OH excluding ortho intramolecular Hbond substituents is 1. The molecule has 0 saturated carbocycles. The Kier molecular flexibility index (Phi) is 3.15. The van der Waals surface area contributed by atoms with Gasteiger partial charge in [-0.2, -0.15) is 0 Å². The van der Waals surface area contributed by atoms with Crippen molar-refractivity contribution < 1.29 is 5.11 Å². The zero-order chi connectivity index (χ0) is 8.97. The van der Waals surface area contributed by atoms with Gasteiger partial charge in [0, 0.05) is 6.07 Å². The molecular weight excluding hydrogens is 148 g/mol. The summed E-state index contributed by atoms with van der Waals surface area (Å²) in [5, 5.41) is 9.50. The highest BCUT2D eigenvalue weighted by Gasteiger charge is 2.04. The van der Waals surface area contributed by atoms with Gasteiger partial charge in [0.1, 0.15) is 5.75 Å².